The van der Waals surface area contributed by atoms with Gasteiger partial charge in [-0.15, -0.1) is 0 Å². The lowest BCUT2D eigenvalue weighted by molar-refractivity contribution is -0.141. The molecule has 1 aromatic rings. The summed E-state index contributed by atoms with van der Waals surface area (Å²) >= 11 is 0. The predicted octanol–water partition coefficient (Wildman–Crippen LogP) is 1.91. The van der Waals surface area contributed by atoms with Gasteiger partial charge in [-0.3, -0.25) is 4.79 Å². The van der Waals surface area contributed by atoms with Crippen LogP contribution in [0, 0.1) is 0 Å². The van der Waals surface area contributed by atoms with Crippen molar-refractivity contribution in [2.24, 2.45) is 0 Å². The molecule has 0 aromatic heterocycles. The Labute approximate surface area is 137 Å². The van der Waals surface area contributed by atoms with E-state index in [-0.39, 0.29) is 18.3 Å². The zero-order valence-electron chi connectivity index (χ0n) is 13.4. The van der Waals surface area contributed by atoms with Crippen LogP contribution in [0.15, 0.2) is 24.3 Å². The number of sulfonamides is 1. The van der Waals surface area contributed by atoms with Crippen LogP contribution in [-0.4, -0.2) is 38.4 Å². The smallest absolute Gasteiger partial charge is 0.321 e. The third-order valence-electron chi connectivity index (χ3n) is 4.18. The highest BCUT2D eigenvalue weighted by Crippen LogP contribution is 2.26. The van der Waals surface area contributed by atoms with E-state index in [1.165, 1.54) is 11.4 Å². The lowest BCUT2D eigenvalue weighted by Gasteiger charge is -2.32. The zero-order chi connectivity index (χ0) is 16.9. The van der Waals surface area contributed by atoms with Crippen molar-refractivity contribution in [1.29, 1.82) is 0 Å². The Balaban J connectivity index is 2.20. The lowest BCUT2D eigenvalue weighted by atomic mass is 9.95. The molecule has 0 bridgehead atoms. The molecule has 2 N–H and O–H groups in total. The molecule has 0 aliphatic heterocycles. The van der Waals surface area contributed by atoms with Crippen LogP contribution >= 0.6 is 0 Å². The van der Waals surface area contributed by atoms with Gasteiger partial charge in [0, 0.05) is 11.7 Å². The number of rotatable bonds is 6. The number of methoxy groups -OCH3 is 1. The minimum atomic E-state index is -3.60. The van der Waals surface area contributed by atoms with E-state index in [0.29, 0.717) is 11.3 Å². The van der Waals surface area contributed by atoms with Crippen molar-refractivity contribution in [2.75, 3.05) is 19.4 Å². The van der Waals surface area contributed by atoms with Gasteiger partial charge in [0.2, 0.25) is 10.0 Å². The van der Waals surface area contributed by atoms with Crippen molar-refractivity contribution in [3.8, 4) is 0 Å². The van der Waals surface area contributed by atoms with Gasteiger partial charge in [0.05, 0.1) is 12.9 Å². The molecule has 0 atom stereocenters. The van der Waals surface area contributed by atoms with Crippen LogP contribution in [0.5, 0.6) is 0 Å². The molecule has 7 heteroatoms. The Morgan fingerprint density at radius 3 is 2.39 bits per heavy atom. The van der Waals surface area contributed by atoms with Gasteiger partial charge in [0.25, 0.3) is 0 Å². The summed E-state index contributed by atoms with van der Waals surface area (Å²) < 4.78 is 31.6. The maximum Gasteiger partial charge on any atom is 0.321 e. The van der Waals surface area contributed by atoms with Crippen molar-refractivity contribution in [2.45, 2.75) is 43.9 Å². The number of nitrogens with zero attached hydrogens (tertiary/aromatic N) is 1. The highest BCUT2D eigenvalue weighted by molar-refractivity contribution is 7.88. The fourth-order valence-electron chi connectivity index (χ4n) is 2.92. The number of nitrogen functional groups attached to an aromatic ring is 1. The Morgan fingerprint density at radius 1 is 1.22 bits per heavy atom. The molecule has 1 aromatic carbocycles. The topological polar surface area (TPSA) is 89.7 Å². The average molecular weight is 340 g/mol. The highest BCUT2D eigenvalue weighted by Gasteiger charge is 2.33. The van der Waals surface area contributed by atoms with Crippen LogP contribution in [0.4, 0.5) is 5.69 Å². The number of esters is 1. The molecule has 1 aliphatic carbocycles. The fraction of sp³-hybridized carbons (Fsp3) is 0.562. The highest BCUT2D eigenvalue weighted by atomic mass is 32.2. The van der Waals surface area contributed by atoms with Crippen molar-refractivity contribution in [3.63, 3.8) is 0 Å². The number of nitrogens with two attached hydrogens (primary N) is 1. The number of anilines is 1. The maximum absolute atomic E-state index is 12.8. The molecular formula is C16H24N2O4S. The second-order valence-corrected chi connectivity index (χ2v) is 7.83. The van der Waals surface area contributed by atoms with E-state index in [1.54, 1.807) is 24.3 Å². The van der Waals surface area contributed by atoms with E-state index in [9.17, 15) is 13.2 Å². The summed E-state index contributed by atoms with van der Waals surface area (Å²) in [6.45, 7) is -0.224. The fourth-order valence-corrected chi connectivity index (χ4v) is 4.67. The Hall–Kier alpha value is -1.60. The Bertz CT molecular complexity index is 622. The number of carbonyl (C=O) groups is 1. The van der Waals surface area contributed by atoms with Crippen molar-refractivity contribution in [1.82, 2.24) is 4.31 Å². The van der Waals surface area contributed by atoms with Crippen molar-refractivity contribution >= 4 is 21.7 Å². The predicted molar refractivity (Wildman–Crippen MR) is 89.1 cm³/mol. The molecule has 6 nitrogen and oxygen atoms in total. The summed E-state index contributed by atoms with van der Waals surface area (Å²) in [5.41, 5.74) is 6.88. The van der Waals surface area contributed by atoms with Gasteiger partial charge in [-0.1, -0.05) is 31.4 Å². The van der Waals surface area contributed by atoms with Crippen molar-refractivity contribution in [3.05, 3.63) is 29.8 Å². The number of hydrogen-bond acceptors (Lipinski definition) is 5. The van der Waals surface area contributed by atoms with Gasteiger partial charge >= 0.3 is 5.97 Å². The molecule has 1 aliphatic rings. The minimum Gasteiger partial charge on any atom is -0.468 e. The van der Waals surface area contributed by atoms with E-state index in [1.807, 2.05) is 0 Å². The van der Waals surface area contributed by atoms with Gasteiger partial charge in [-0.05, 0) is 30.5 Å². The summed E-state index contributed by atoms with van der Waals surface area (Å²) in [6, 6.07) is 6.63. The van der Waals surface area contributed by atoms with Crippen LogP contribution in [-0.2, 0) is 25.3 Å². The van der Waals surface area contributed by atoms with Gasteiger partial charge in [-0.2, -0.15) is 4.31 Å². The van der Waals surface area contributed by atoms with E-state index in [2.05, 4.69) is 4.74 Å². The van der Waals surface area contributed by atoms with Crippen LogP contribution in [0.2, 0.25) is 0 Å². The molecule has 0 spiro atoms. The quantitative estimate of drug-likeness (QED) is 0.631. The lowest BCUT2D eigenvalue weighted by Crippen LogP contribution is -2.45. The van der Waals surface area contributed by atoms with E-state index < -0.39 is 16.0 Å². The molecule has 2 rings (SSSR count). The third kappa shape index (κ3) is 4.94. The molecule has 23 heavy (non-hydrogen) atoms. The summed E-state index contributed by atoms with van der Waals surface area (Å²) in [6.07, 6.45) is 4.66. The van der Waals surface area contributed by atoms with Gasteiger partial charge in [0.1, 0.15) is 6.54 Å². The number of carbonyl (C=O) groups excluding carboxylic acids is 1. The standard InChI is InChI=1S/C16H24N2O4S/c1-22-16(19)11-18(15-5-3-2-4-6-15)23(20,21)12-13-7-9-14(17)10-8-13/h7-10,15H,2-6,11-12,17H2,1H3. The van der Waals surface area contributed by atoms with Crippen LogP contribution in [0.3, 0.4) is 0 Å². The monoisotopic (exact) mass is 340 g/mol. The largest absolute Gasteiger partial charge is 0.468 e. The summed E-state index contributed by atoms with van der Waals surface area (Å²) in [7, 11) is -2.33. The van der Waals surface area contributed by atoms with Crippen molar-refractivity contribution < 1.29 is 17.9 Å². The van der Waals surface area contributed by atoms with Gasteiger partial charge in [-0.25, -0.2) is 8.42 Å². The molecular weight excluding hydrogens is 316 g/mol. The molecule has 0 radical (unpaired) electrons. The van der Waals surface area contributed by atoms with Crippen LogP contribution in [0.25, 0.3) is 0 Å². The molecule has 0 heterocycles. The Morgan fingerprint density at radius 2 is 1.83 bits per heavy atom. The molecule has 0 amide bonds. The number of ether oxygens (including phenoxy) is 1. The molecule has 1 saturated carbocycles. The Kier molecular flexibility index (Phi) is 6.01. The van der Waals surface area contributed by atoms with Crippen LogP contribution in [0.1, 0.15) is 37.7 Å². The first-order valence-corrected chi connectivity index (χ1v) is 9.44. The van der Waals surface area contributed by atoms with Gasteiger partial charge in [0.15, 0.2) is 0 Å². The SMILES string of the molecule is COC(=O)CN(C1CCCCC1)S(=O)(=O)Cc1ccc(N)cc1. The zero-order valence-corrected chi connectivity index (χ0v) is 14.2. The summed E-state index contributed by atoms with van der Waals surface area (Å²) in [4.78, 5) is 11.7. The average Bonchev–Trinajstić information content (AvgIpc) is 2.55. The van der Waals surface area contributed by atoms with E-state index in [0.717, 1.165) is 32.1 Å². The maximum atomic E-state index is 12.8. The minimum absolute atomic E-state index is 0.123. The first-order valence-electron chi connectivity index (χ1n) is 7.83. The first kappa shape index (κ1) is 17.7. The second-order valence-electron chi connectivity index (χ2n) is 5.91. The molecule has 1 fully saturated rings. The second kappa shape index (κ2) is 7.79. The number of benzene rings is 1. The normalized spacial score (nSPS) is 16.4. The summed E-state index contributed by atoms with van der Waals surface area (Å²) in [5, 5.41) is 0. The first-order chi connectivity index (χ1) is 10.9. The molecule has 0 unspecified atom stereocenters. The molecule has 0 saturated heterocycles. The number of hydrogen-bond donors (Lipinski definition) is 1. The van der Waals surface area contributed by atoms with E-state index >= 15 is 0 Å². The van der Waals surface area contributed by atoms with Gasteiger partial charge < -0.3 is 10.5 Å². The molecule has 128 valence electrons. The third-order valence-corrected chi connectivity index (χ3v) is 6.02. The summed E-state index contributed by atoms with van der Waals surface area (Å²) in [5.74, 6) is -0.669. The van der Waals surface area contributed by atoms with E-state index in [4.69, 9.17) is 5.73 Å². The van der Waals surface area contributed by atoms with Crippen LogP contribution < -0.4 is 5.73 Å².